The molecule has 1 N–H and O–H groups in total. The van der Waals surface area contributed by atoms with Gasteiger partial charge in [-0.25, -0.2) is 0 Å². The Balaban J connectivity index is 1.98. The zero-order chi connectivity index (χ0) is 11.0. The number of nitrogens with zero attached hydrogens (tertiary/aromatic N) is 1. The fourth-order valence-electron chi connectivity index (χ4n) is 2.59. The summed E-state index contributed by atoms with van der Waals surface area (Å²) < 4.78 is 0. The van der Waals surface area contributed by atoms with Gasteiger partial charge in [0.25, 0.3) is 0 Å². The van der Waals surface area contributed by atoms with Crippen molar-refractivity contribution in [2.45, 2.75) is 38.6 Å². The summed E-state index contributed by atoms with van der Waals surface area (Å²) in [6.07, 6.45) is 3.48. The molecule has 0 aromatic rings. The minimum Gasteiger partial charge on any atom is -0.481 e. The highest BCUT2D eigenvalue weighted by Crippen LogP contribution is 2.44. The van der Waals surface area contributed by atoms with Crippen molar-refractivity contribution in [3.8, 4) is 0 Å². The minimum absolute atomic E-state index is 0.0855. The van der Waals surface area contributed by atoms with Gasteiger partial charge in [-0.2, -0.15) is 0 Å². The van der Waals surface area contributed by atoms with E-state index in [1.54, 1.807) is 6.92 Å². The molecule has 4 nitrogen and oxygen atoms in total. The number of amides is 1. The standard InChI is InChI=1S/C11H17NO3/c1-7(13)12-5-4-10(12)9(6-11(14)15)8-2-3-8/h8-10H,2-6H2,1H3,(H,14,15). The van der Waals surface area contributed by atoms with Crippen LogP contribution in [0.15, 0.2) is 0 Å². The van der Waals surface area contributed by atoms with Crippen LogP contribution in [0.1, 0.15) is 32.6 Å². The fraction of sp³-hybridized carbons (Fsp3) is 0.818. The molecule has 1 aliphatic heterocycles. The Morgan fingerprint density at radius 3 is 2.40 bits per heavy atom. The van der Waals surface area contributed by atoms with Crippen molar-refractivity contribution < 1.29 is 14.7 Å². The van der Waals surface area contributed by atoms with Crippen molar-refractivity contribution in [2.75, 3.05) is 6.54 Å². The molecule has 1 saturated heterocycles. The number of carbonyl (C=O) groups excluding carboxylic acids is 1. The van der Waals surface area contributed by atoms with Crippen LogP contribution in [0.2, 0.25) is 0 Å². The molecule has 0 aromatic carbocycles. The lowest BCUT2D eigenvalue weighted by atomic mass is 9.83. The summed E-state index contributed by atoms with van der Waals surface area (Å²) in [7, 11) is 0. The van der Waals surface area contributed by atoms with E-state index in [0.717, 1.165) is 25.8 Å². The molecule has 2 rings (SSSR count). The normalized spacial score (nSPS) is 27.0. The number of hydrogen-bond acceptors (Lipinski definition) is 2. The maximum Gasteiger partial charge on any atom is 0.303 e. The molecule has 0 bridgehead atoms. The molecule has 2 aliphatic rings. The Bertz CT molecular complexity index is 286. The van der Waals surface area contributed by atoms with Gasteiger partial charge in [0.15, 0.2) is 0 Å². The Labute approximate surface area is 89.3 Å². The number of hydrogen-bond donors (Lipinski definition) is 1. The Kier molecular flexibility index (Phi) is 2.67. The average Bonchev–Trinajstić information content (AvgIpc) is 2.79. The van der Waals surface area contributed by atoms with E-state index in [1.165, 1.54) is 0 Å². The summed E-state index contributed by atoms with van der Waals surface area (Å²) in [6, 6.07) is 0.200. The van der Waals surface area contributed by atoms with E-state index >= 15 is 0 Å². The average molecular weight is 211 g/mol. The first-order valence-electron chi connectivity index (χ1n) is 5.58. The van der Waals surface area contributed by atoms with Gasteiger partial charge in [0.2, 0.25) is 5.91 Å². The van der Waals surface area contributed by atoms with Gasteiger partial charge < -0.3 is 10.0 Å². The van der Waals surface area contributed by atoms with Crippen LogP contribution in [0.25, 0.3) is 0 Å². The van der Waals surface area contributed by atoms with Crippen LogP contribution in [0, 0.1) is 11.8 Å². The summed E-state index contributed by atoms with van der Waals surface area (Å²) in [5.41, 5.74) is 0. The first kappa shape index (κ1) is 10.5. The molecule has 0 spiro atoms. The number of carboxylic acid groups (broad SMARTS) is 1. The zero-order valence-electron chi connectivity index (χ0n) is 8.98. The first-order chi connectivity index (χ1) is 7.09. The SMILES string of the molecule is CC(=O)N1CCC1C(CC(=O)O)C1CC1. The third-order valence-electron chi connectivity index (χ3n) is 3.60. The molecular formula is C11H17NO3. The van der Waals surface area contributed by atoms with Crippen LogP contribution >= 0.6 is 0 Å². The van der Waals surface area contributed by atoms with Gasteiger partial charge in [-0.15, -0.1) is 0 Å². The molecule has 1 aliphatic carbocycles. The first-order valence-corrected chi connectivity index (χ1v) is 5.58. The Morgan fingerprint density at radius 2 is 2.07 bits per heavy atom. The summed E-state index contributed by atoms with van der Waals surface area (Å²) >= 11 is 0. The van der Waals surface area contributed by atoms with E-state index in [2.05, 4.69) is 0 Å². The minimum atomic E-state index is -0.734. The van der Waals surface area contributed by atoms with E-state index in [1.807, 2.05) is 4.90 Å². The summed E-state index contributed by atoms with van der Waals surface area (Å²) in [5.74, 6) is 0.0954. The van der Waals surface area contributed by atoms with Crippen molar-refractivity contribution in [1.82, 2.24) is 4.90 Å². The van der Waals surface area contributed by atoms with Crippen LogP contribution in [-0.2, 0) is 9.59 Å². The van der Waals surface area contributed by atoms with Gasteiger partial charge in [-0.1, -0.05) is 0 Å². The second-order valence-electron chi connectivity index (χ2n) is 4.67. The van der Waals surface area contributed by atoms with Gasteiger partial charge in [-0.3, -0.25) is 9.59 Å². The highest BCUT2D eigenvalue weighted by atomic mass is 16.4. The summed E-state index contributed by atoms with van der Waals surface area (Å²) in [4.78, 5) is 23.8. The highest BCUT2D eigenvalue weighted by Gasteiger charge is 2.44. The van der Waals surface area contributed by atoms with Crippen molar-refractivity contribution in [3.05, 3.63) is 0 Å². The molecule has 0 radical (unpaired) electrons. The van der Waals surface area contributed by atoms with Crippen LogP contribution in [0.5, 0.6) is 0 Å². The molecular weight excluding hydrogens is 194 g/mol. The fourth-order valence-corrected chi connectivity index (χ4v) is 2.59. The third-order valence-corrected chi connectivity index (χ3v) is 3.60. The lowest BCUT2D eigenvalue weighted by Crippen LogP contribution is -2.54. The van der Waals surface area contributed by atoms with Crippen LogP contribution in [-0.4, -0.2) is 34.5 Å². The maximum absolute atomic E-state index is 11.2. The van der Waals surface area contributed by atoms with Crippen molar-refractivity contribution >= 4 is 11.9 Å². The second-order valence-corrected chi connectivity index (χ2v) is 4.67. The summed E-state index contributed by atoms with van der Waals surface area (Å²) in [6.45, 7) is 2.37. The van der Waals surface area contributed by atoms with E-state index < -0.39 is 5.97 Å². The number of rotatable bonds is 4. The molecule has 2 fully saturated rings. The molecule has 1 saturated carbocycles. The van der Waals surface area contributed by atoms with Crippen LogP contribution in [0.3, 0.4) is 0 Å². The number of carboxylic acids is 1. The Morgan fingerprint density at radius 1 is 1.40 bits per heavy atom. The summed E-state index contributed by atoms with van der Waals surface area (Å²) in [5, 5.41) is 8.85. The monoisotopic (exact) mass is 211 g/mol. The number of aliphatic carboxylic acids is 1. The van der Waals surface area contributed by atoms with E-state index in [9.17, 15) is 9.59 Å². The zero-order valence-corrected chi connectivity index (χ0v) is 8.98. The molecule has 2 unspecified atom stereocenters. The predicted molar refractivity (Wildman–Crippen MR) is 54.3 cm³/mol. The van der Waals surface area contributed by atoms with Crippen LogP contribution < -0.4 is 0 Å². The maximum atomic E-state index is 11.2. The lowest BCUT2D eigenvalue weighted by molar-refractivity contribution is -0.145. The molecule has 15 heavy (non-hydrogen) atoms. The smallest absolute Gasteiger partial charge is 0.303 e. The highest BCUT2D eigenvalue weighted by molar-refractivity contribution is 5.75. The lowest BCUT2D eigenvalue weighted by Gasteiger charge is -2.45. The van der Waals surface area contributed by atoms with Gasteiger partial charge in [0, 0.05) is 19.5 Å². The molecule has 2 atom stereocenters. The molecule has 4 heteroatoms. The molecule has 1 heterocycles. The van der Waals surface area contributed by atoms with Crippen LogP contribution in [0.4, 0.5) is 0 Å². The van der Waals surface area contributed by atoms with Gasteiger partial charge in [-0.05, 0) is 31.1 Å². The Hall–Kier alpha value is -1.06. The van der Waals surface area contributed by atoms with Gasteiger partial charge >= 0.3 is 5.97 Å². The quantitative estimate of drug-likeness (QED) is 0.757. The van der Waals surface area contributed by atoms with Gasteiger partial charge in [0.1, 0.15) is 0 Å². The molecule has 0 aromatic heterocycles. The van der Waals surface area contributed by atoms with E-state index in [0.29, 0.717) is 5.92 Å². The molecule has 1 amide bonds. The van der Waals surface area contributed by atoms with Crippen molar-refractivity contribution in [3.63, 3.8) is 0 Å². The topological polar surface area (TPSA) is 57.6 Å². The third kappa shape index (κ3) is 2.13. The predicted octanol–water partition coefficient (Wildman–Crippen LogP) is 1.11. The largest absolute Gasteiger partial charge is 0.481 e. The second kappa shape index (κ2) is 3.83. The molecule has 84 valence electrons. The number of carbonyl (C=O) groups is 2. The number of likely N-dealkylation sites (tertiary alicyclic amines) is 1. The van der Waals surface area contributed by atoms with Crippen molar-refractivity contribution in [1.29, 1.82) is 0 Å². The van der Waals surface area contributed by atoms with Crippen molar-refractivity contribution in [2.24, 2.45) is 11.8 Å². The van der Waals surface area contributed by atoms with E-state index in [4.69, 9.17) is 5.11 Å². The van der Waals surface area contributed by atoms with E-state index in [-0.39, 0.29) is 24.3 Å². The van der Waals surface area contributed by atoms with Gasteiger partial charge in [0.05, 0.1) is 6.42 Å².